The summed E-state index contributed by atoms with van der Waals surface area (Å²) in [5, 5.41) is 24.4. The minimum Gasteiger partial charge on any atom is -0.396 e. The quantitative estimate of drug-likeness (QED) is 0.0725. The summed E-state index contributed by atoms with van der Waals surface area (Å²) in [5.41, 5.74) is 14.8. The van der Waals surface area contributed by atoms with Crippen LogP contribution in [0.3, 0.4) is 0 Å². The molecule has 41 heavy (non-hydrogen) atoms. The maximum Gasteiger partial charge on any atom is 0.266 e. The number of nitrogens with one attached hydrogen (secondary N) is 1. The molecule has 0 heterocycles. The number of aliphatic hydroxyl groups excluding tert-OH is 1. The fourth-order valence-corrected chi connectivity index (χ4v) is 4.65. The third kappa shape index (κ3) is 9.43. The molecule has 0 aliphatic rings. The van der Waals surface area contributed by atoms with Crippen molar-refractivity contribution in [2.45, 2.75) is 44.2 Å². The van der Waals surface area contributed by atoms with Crippen LogP contribution in [0.4, 0.5) is 0 Å². The van der Waals surface area contributed by atoms with Gasteiger partial charge in [0.1, 0.15) is 11.1 Å². The fourth-order valence-electron chi connectivity index (χ4n) is 4.65. The number of nitro groups is 1. The van der Waals surface area contributed by atoms with Crippen molar-refractivity contribution in [3.63, 3.8) is 0 Å². The number of guanidine groups is 1. The van der Waals surface area contributed by atoms with Crippen LogP contribution in [0.25, 0.3) is 0 Å². The molecule has 0 aromatic heterocycles. The van der Waals surface area contributed by atoms with Crippen molar-refractivity contribution in [2.24, 2.45) is 16.6 Å². The van der Waals surface area contributed by atoms with E-state index in [0.29, 0.717) is 12.8 Å². The monoisotopic (exact) mass is 560 g/mol. The van der Waals surface area contributed by atoms with E-state index >= 15 is 0 Å². The number of hydrazone groups is 1. The standard InChI is InChI=1S/C30H36N6O5/c31-28(38)26(14-7-19-33-30(32)34-36(40)41)35(21-23-17-15-22(16-18-23)9-8-20-37)29(39)27(24-10-3-1-4-11-24)25-12-5-2-6-13-25/h1-6,10-13,15-18,26-27,37H,7-9,14,19-21H2,(H2,31,38)(H3,32,33,34)/t26-/m1/s1. The molecule has 0 radical (unpaired) electrons. The molecule has 0 bridgehead atoms. The molecule has 3 aromatic carbocycles. The fraction of sp³-hybridized carbons (Fsp3) is 0.300. The number of amides is 2. The molecule has 2 amide bonds. The summed E-state index contributed by atoms with van der Waals surface area (Å²) in [6, 6.07) is 25.5. The molecule has 0 saturated heterocycles. The Labute approximate surface area is 239 Å². The van der Waals surface area contributed by atoms with Gasteiger partial charge in [-0.1, -0.05) is 84.9 Å². The number of carbonyl (C=O) groups excluding carboxylic acids is 2. The highest BCUT2D eigenvalue weighted by Gasteiger charge is 2.34. The van der Waals surface area contributed by atoms with E-state index in [1.165, 1.54) is 4.90 Å². The first-order valence-electron chi connectivity index (χ1n) is 13.4. The second kappa shape index (κ2) is 15.7. The molecule has 0 aliphatic carbocycles. The van der Waals surface area contributed by atoms with Crippen molar-refractivity contribution >= 4 is 17.8 Å². The molecule has 0 unspecified atom stereocenters. The van der Waals surface area contributed by atoms with Crippen LogP contribution in [-0.2, 0) is 22.6 Å². The number of carbonyl (C=O) groups is 2. The Hall–Kier alpha value is -4.77. The summed E-state index contributed by atoms with van der Waals surface area (Å²) < 4.78 is 0. The first-order valence-corrected chi connectivity index (χ1v) is 13.4. The lowest BCUT2D eigenvalue weighted by Gasteiger charge is -2.33. The van der Waals surface area contributed by atoms with E-state index in [4.69, 9.17) is 16.6 Å². The highest BCUT2D eigenvalue weighted by Crippen LogP contribution is 2.29. The molecule has 0 spiro atoms. The van der Waals surface area contributed by atoms with Gasteiger partial charge in [-0.25, -0.2) is 10.1 Å². The molecule has 0 saturated carbocycles. The van der Waals surface area contributed by atoms with Crippen LogP contribution in [0.1, 0.15) is 47.4 Å². The van der Waals surface area contributed by atoms with E-state index < -0.39 is 22.9 Å². The minimum absolute atomic E-state index is 0.100. The zero-order valence-electron chi connectivity index (χ0n) is 22.8. The molecular weight excluding hydrogens is 524 g/mol. The van der Waals surface area contributed by atoms with Crippen LogP contribution in [0.5, 0.6) is 0 Å². The number of aryl methyl sites for hydroxylation is 1. The Morgan fingerprint density at radius 2 is 1.46 bits per heavy atom. The average molecular weight is 561 g/mol. The lowest BCUT2D eigenvalue weighted by atomic mass is 9.89. The summed E-state index contributed by atoms with van der Waals surface area (Å²) in [6.07, 6.45) is 1.91. The number of hydrogen-bond acceptors (Lipinski definition) is 5. The summed E-state index contributed by atoms with van der Waals surface area (Å²) in [6.45, 7) is 0.430. The largest absolute Gasteiger partial charge is 0.396 e. The summed E-state index contributed by atoms with van der Waals surface area (Å²) in [7, 11) is 0. The van der Waals surface area contributed by atoms with Crippen molar-refractivity contribution in [2.75, 3.05) is 13.2 Å². The number of benzene rings is 3. The topological polar surface area (TPSA) is 177 Å². The number of aliphatic hydroxyl groups is 1. The summed E-state index contributed by atoms with van der Waals surface area (Å²) >= 11 is 0. The SMILES string of the molecule is NC(=O)[C@@H](CCCNC(N)=N[N+](=O)[O-])N(Cc1ccc(CCCO)cc1)C(=O)C(c1ccccc1)c1ccccc1. The third-order valence-corrected chi connectivity index (χ3v) is 6.65. The van der Waals surface area contributed by atoms with E-state index in [1.807, 2.05) is 84.9 Å². The lowest BCUT2D eigenvalue weighted by molar-refractivity contribution is -0.485. The van der Waals surface area contributed by atoms with Gasteiger partial charge in [0.15, 0.2) is 5.03 Å². The normalized spacial score (nSPS) is 12.1. The third-order valence-electron chi connectivity index (χ3n) is 6.65. The van der Waals surface area contributed by atoms with Crippen molar-refractivity contribution in [3.05, 3.63) is 117 Å². The van der Waals surface area contributed by atoms with Gasteiger partial charge in [-0.2, -0.15) is 0 Å². The molecule has 6 N–H and O–H groups in total. The van der Waals surface area contributed by atoms with Gasteiger partial charge in [-0.15, -0.1) is 0 Å². The second-order valence-corrected chi connectivity index (χ2v) is 9.57. The smallest absolute Gasteiger partial charge is 0.266 e. The molecule has 0 aliphatic heterocycles. The number of primary amides is 1. The molecule has 1 atom stereocenters. The molecule has 0 fully saturated rings. The van der Waals surface area contributed by atoms with Gasteiger partial charge in [0.2, 0.25) is 11.8 Å². The van der Waals surface area contributed by atoms with Crippen LogP contribution in [-0.4, -0.2) is 52.0 Å². The molecule has 3 aromatic rings. The van der Waals surface area contributed by atoms with Gasteiger partial charge in [-0.3, -0.25) is 9.59 Å². The minimum atomic E-state index is -0.957. The zero-order chi connectivity index (χ0) is 29.6. The lowest BCUT2D eigenvalue weighted by Crippen LogP contribution is -2.49. The highest BCUT2D eigenvalue weighted by molar-refractivity contribution is 5.92. The van der Waals surface area contributed by atoms with Gasteiger partial charge < -0.3 is 26.8 Å². The van der Waals surface area contributed by atoms with E-state index in [9.17, 15) is 19.7 Å². The Morgan fingerprint density at radius 3 is 1.98 bits per heavy atom. The van der Waals surface area contributed by atoms with E-state index in [-0.39, 0.29) is 38.0 Å². The molecular formula is C30H36N6O5. The first kappa shape index (κ1) is 30.8. The van der Waals surface area contributed by atoms with Crippen LogP contribution >= 0.6 is 0 Å². The zero-order valence-corrected chi connectivity index (χ0v) is 22.8. The average Bonchev–Trinajstić information content (AvgIpc) is 2.96. The van der Waals surface area contributed by atoms with Crippen LogP contribution in [0.15, 0.2) is 90.0 Å². The van der Waals surface area contributed by atoms with Crippen LogP contribution < -0.4 is 16.8 Å². The summed E-state index contributed by atoms with van der Waals surface area (Å²) in [4.78, 5) is 39.3. The Kier molecular flexibility index (Phi) is 11.8. The number of hydrogen-bond donors (Lipinski definition) is 4. The number of nitrogens with zero attached hydrogens (tertiary/aromatic N) is 3. The van der Waals surface area contributed by atoms with Crippen molar-refractivity contribution in [3.8, 4) is 0 Å². The molecule has 216 valence electrons. The number of nitrogens with two attached hydrogens (primary N) is 2. The molecule has 11 heteroatoms. The molecule has 11 nitrogen and oxygen atoms in total. The van der Waals surface area contributed by atoms with E-state index in [0.717, 1.165) is 28.7 Å². The van der Waals surface area contributed by atoms with Gasteiger partial charge in [0.05, 0.1) is 5.92 Å². The predicted octanol–water partition coefficient (Wildman–Crippen LogP) is 2.50. The van der Waals surface area contributed by atoms with E-state index in [2.05, 4.69) is 10.4 Å². The Balaban J connectivity index is 1.94. The first-order chi connectivity index (χ1) is 19.8. The van der Waals surface area contributed by atoms with Gasteiger partial charge in [0, 0.05) is 19.7 Å². The van der Waals surface area contributed by atoms with Gasteiger partial charge in [-0.05, 0) is 47.9 Å². The van der Waals surface area contributed by atoms with Gasteiger partial charge in [0.25, 0.3) is 5.96 Å². The Bertz CT molecular complexity index is 1260. The van der Waals surface area contributed by atoms with Crippen molar-refractivity contribution in [1.29, 1.82) is 0 Å². The van der Waals surface area contributed by atoms with Crippen LogP contribution in [0.2, 0.25) is 0 Å². The van der Waals surface area contributed by atoms with E-state index in [1.54, 1.807) is 0 Å². The second-order valence-electron chi connectivity index (χ2n) is 9.57. The summed E-state index contributed by atoms with van der Waals surface area (Å²) in [5.74, 6) is -1.97. The Morgan fingerprint density at radius 1 is 0.902 bits per heavy atom. The van der Waals surface area contributed by atoms with Gasteiger partial charge >= 0.3 is 0 Å². The number of rotatable bonds is 15. The van der Waals surface area contributed by atoms with Crippen LogP contribution in [0, 0.1) is 10.1 Å². The maximum absolute atomic E-state index is 14.4. The maximum atomic E-state index is 14.4. The van der Waals surface area contributed by atoms with Crippen molar-refractivity contribution < 1.29 is 19.7 Å². The molecule has 3 rings (SSSR count). The predicted molar refractivity (Wildman–Crippen MR) is 156 cm³/mol. The van der Waals surface area contributed by atoms with Crippen molar-refractivity contribution in [1.82, 2.24) is 10.2 Å². The highest BCUT2D eigenvalue weighted by atomic mass is 16.7.